The summed E-state index contributed by atoms with van der Waals surface area (Å²) in [5, 5.41) is 11.2. The van der Waals surface area contributed by atoms with Gasteiger partial charge in [0.2, 0.25) is 0 Å². The van der Waals surface area contributed by atoms with E-state index in [2.05, 4.69) is 21.2 Å². The Morgan fingerprint density at radius 1 is 1.16 bits per heavy atom. The number of aliphatic carboxylic acids is 1. The number of anilines is 1. The molecule has 0 radical (unpaired) electrons. The Balaban J connectivity index is 1.97. The highest BCUT2D eigenvalue weighted by molar-refractivity contribution is 9.10. The number of urea groups is 1. The zero-order valence-electron chi connectivity index (χ0n) is 17.3. The Bertz CT molecular complexity index is 1160. The molecule has 1 fully saturated rings. The number of nitrogens with one attached hydrogen (secondary N) is 1. The van der Waals surface area contributed by atoms with Crippen LogP contribution in [0.3, 0.4) is 0 Å². The minimum atomic E-state index is -1.14. The Morgan fingerprint density at radius 3 is 2.50 bits per heavy atom. The number of aryl methyl sites for hydroxylation is 1. The van der Waals surface area contributed by atoms with E-state index >= 15 is 0 Å². The maximum Gasteiger partial charge on any atom is 0.344 e. The van der Waals surface area contributed by atoms with Gasteiger partial charge in [-0.1, -0.05) is 22.0 Å². The number of halogens is 1. The average Bonchev–Trinajstić information content (AvgIpc) is 2.73. The van der Waals surface area contributed by atoms with Crippen molar-refractivity contribution in [2.45, 2.75) is 20.0 Å². The molecule has 1 atom stereocenters. The van der Waals surface area contributed by atoms with Gasteiger partial charge in [0.1, 0.15) is 5.57 Å². The van der Waals surface area contributed by atoms with E-state index in [1.54, 1.807) is 25.1 Å². The summed E-state index contributed by atoms with van der Waals surface area (Å²) in [7, 11) is 1.37. The van der Waals surface area contributed by atoms with Gasteiger partial charge in [-0.2, -0.15) is 0 Å². The van der Waals surface area contributed by atoms with Crippen LogP contribution < -0.4 is 19.7 Å². The Labute approximate surface area is 191 Å². The van der Waals surface area contributed by atoms with Crippen molar-refractivity contribution in [3.63, 3.8) is 0 Å². The molecule has 2 aromatic rings. The van der Waals surface area contributed by atoms with Gasteiger partial charge >= 0.3 is 12.0 Å². The van der Waals surface area contributed by atoms with Gasteiger partial charge in [0, 0.05) is 4.47 Å². The number of carbonyl (C=O) groups excluding carboxylic acids is 3. The molecule has 0 aliphatic carbocycles. The lowest BCUT2D eigenvalue weighted by atomic mass is 10.1. The smallest absolute Gasteiger partial charge is 0.344 e. The fraction of sp³-hybridized carbons (Fsp3) is 0.182. The molecule has 0 aromatic heterocycles. The van der Waals surface area contributed by atoms with Crippen LogP contribution >= 0.6 is 15.9 Å². The summed E-state index contributed by atoms with van der Waals surface area (Å²) in [6.45, 7) is 3.11. The van der Waals surface area contributed by atoms with E-state index in [0.717, 1.165) is 9.37 Å². The van der Waals surface area contributed by atoms with Gasteiger partial charge in [0.15, 0.2) is 17.6 Å². The van der Waals surface area contributed by atoms with Crippen molar-refractivity contribution >= 4 is 51.5 Å². The van der Waals surface area contributed by atoms with E-state index in [1.165, 1.54) is 38.3 Å². The first kappa shape index (κ1) is 23.0. The molecule has 166 valence electrons. The monoisotopic (exact) mass is 502 g/mol. The molecule has 32 heavy (non-hydrogen) atoms. The molecule has 1 aliphatic heterocycles. The van der Waals surface area contributed by atoms with Gasteiger partial charge in [-0.05, 0) is 61.4 Å². The summed E-state index contributed by atoms with van der Waals surface area (Å²) >= 11 is 3.33. The van der Waals surface area contributed by atoms with Gasteiger partial charge in [-0.25, -0.2) is 14.5 Å². The molecule has 10 heteroatoms. The average molecular weight is 503 g/mol. The van der Waals surface area contributed by atoms with E-state index in [0.29, 0.717) is 16.8 Å². The number of imide groups is 2. The third kappa shape index (κ3) is 4.65. The van der Waals surface area contributed by atoms with Crippen LogP contribution in [-0.2, 0) is 14.4 Å². The van der Waals surface area contributed by atoms with Crippen molar-refractivity contribution in [2.75, 3.05) is 12.0 Å². The lowest BCUT2D eigenvalue weighted by Crippen LogP contribution is -2.54. The Hall–Kier alpha value is -3.66. The third-order valence-corrected chi connectivity index (χ3v) is 5.14. The number of barbiturate groups is 1. The summed E-state index contributed by atoms with van der Waals surface area (Å²) < 4.78 is 11.4. The van der Waals surface area contributed by atoms with Crippen molar-refractivity contribution in [2.24, 2.45) is 0 Å². The Morgan fingerprint density at radius 2 is 1.88 bits per heavy atom. The van der Waals surface area contributed by atoms with Gasteiger partial charge in [0.25, 0.3) is 11.8 Å². The summed E-state index contributed by atoms with van der Waals surface area (Å²) in [5.41, 5.74) is 1.17. The molecule has 2 aromatic carbocycles. The SMILES string of the molecule is COc1cc(/C=C2\C(=O)NC(=O)N(c3ccc(Br)cc3C)C2=O)ccc1O[C@H](C)C(=O)O. The first-order chi connectivity index (χ1) is 15.1. The van der Waals surface area contributed by atoms with E-state index in [4.69, 9.17) is 14.6 Å². The predicted octanol–water partition coefficient (Wildman–Crippen LogP) is 3.28. The standard InChI is InChI=1S/C22H19BrN2O7/c1-11-8-14(23)5-6-16(11)25-20(27)15(19(26)24-22(25)30)9-13-4-7-17(18(10-13)31-3)32-12(2)21(28)29/h4-10,12H,1-3H3,(H,28,29)(H,24,26,30)/b15-9+/t12-/m1/s1. The van der Waals surface area contributed by atoms with E-state index in [9.17, 15) is 19.2 Å². The number of nitrogens with zero attached hydrogens (tertiary/aromatic N) is 1. The molecular weight excluding hydrogens is 484 g/mol. The highest BCUT2D eigenvalue weighted by Crippen LogP contribution is 2.31. The number of hydrogen-bond donors (Lipinski definition) is 2. The quantitative estimate of drug-likeness (QED) is 0.458. The minimum Gasteiger partial charge on any atom is -0.493 e. The van der Waals surface area contributed by atoms with E-state index in [1.807, 2.05) is 0 Å². The number of carboxylic acid groups (broad SMARTS) is 1. The van der Waals surface area contributed by atoms with Crippen LogP contribution in [0, 0.1) is 6.92 Å². The molecule has 4 amide bonds. The minimum absolute atomic E-state index is 0.186. The van der Waals surface area contributed by atoms with Crippen LogP contribution in [0.5, 0.6) is 11.5 Å². The third-order valence-electron chi connectivity index (χ3n) is 4.65. The van der Waals surface area contributed by atoms with Crippen molar-refractivity contribution in [1.29, 1.82) is 0 Å². The number of ether oxygens (including phenoxy) is 2. The van der Waals surface area contributed by atoms with Crippen LogP contribution in [0.2, 0.25) is 0 Å². The summed E-state index contributed by atoms with van der Waals surface area (Å²) in [6, 6.07) is 8.68. The lowest BCUT2D eigenvalue weighted by molar-refractivity contribution is -0.144. The maximum atomic E-state index is 13.1. The molecule has 0 bridgehead atoms. The molecule has 1 saturated heterocycles. The summed E-state index contributed by atoms with van der Waals surface area (Å²) in [4.78, 5) is 49.8. The van der Waals surface area contributed by atoms with Crippen molar-refractivity contribution in [3.05, 3.63) is 57.6 Å². The molecule has 9 nitrogen and oxygen atoms in total. The number of carbonyl (C=O) groups is 4. The lowest BCUT2D eigenvalue weighted by Gasteiger charge is -2.27. The van der Waals surface area contributed by atoms with Gasteiger partial charge in [-0.15, -0.1) is 0 Å². The normalized spacial score (nSPS) is 16.1. The highest BCUT2D eigenvalue weighted by Gasteiger charge is 2.37. The second-order valence-corrected chi connectivity index (χ2v) is 7.81. The predicted molar refractivity (Wildman–Crippen MR) is 119 cm³/mol. The number of hydrogen-bond acceptors (Lipinski definition) is 6. The van der Waals surface area contributed by atoms with Gasteiger partial charge < -0.3 is 14.6 Å². The molecule has 1 heterocycles. The number of carboxylic acids is 1. The molecule has 0 unspecified atom stereocenters. The number of rotatable bonds is 6. The molecule has 1 aliphatic rings. The molecule has 0 spiro atoms. The highest BCUT2D eigenvalue weighted by atomic mass is 79.9. The maximum absolute atomic E-state index is 13.1. The van der Waals surface area contributed by atoms with Crippen molar-refractivity contribution in [3.8, 4) is 11.5 Å². The van der Waals surface area contributed by atoms with E-state index in [-0.39, 0.29) is 17.1 Å². The number of methoxy groups -OCH3 is 1. The van der Waals surface area contributed by atoms with Crippen LogP contribution in [-0.4, -0.2) is 42.1 Å². The largest absolute Gasteiger partial charge is 0.493 e. The second-order valence-electron chi connectivity index (χ2n) is 6.90. The van der Waals surface area contributed by atoms with Crippen molar-refractivity contribution in [1.82, 2.24) is 5.32 Å². The molecule has 3 rings (SSSR count). The molecule has 2 N–H and O–H groups in total. The topological polar surface area (TPSA) is 122 Å². The second kappa shape index (κ2) is 9.23. The fourth-order valence-electron chi connectivity index (χ4n) is 3.02. The Kier molecular flexibility index (Phi) is 6.64. The first-order valence-corrected chi connectivity index (χ1v) is 10.2. The molecule has 0 saturated carbocycles. The summed E-state index contributed by atoms with van der Waals surface area (Å²) in [5.74, 6) is -2.34. The fourth-order valence-corrected chi connectivity index (χ4v) is 3.50. The zero-order valence-corrected chi connectivity index (χ0v) is 18.9. The zero-order chi connectivity index (χ0) is 23.6. The van der Waals surface area contributed by atoms with Crippen LogP contribution in [0.1, 0.15) is 18.1 Å². The molecular formula is C22H19BrN2O7. The number of benzene rings is 2. The van der Waals surface area contributed by atoms with Crippen LogP contribution in [0.25, 0.3) is 6.08 Å². The van der Waals surface area contributed by atoms with Gasteiger partial charge in [-0.3, -0.25) is 14.9 Å². The van der Waals surface area contributed by atoms with Gasteiger partial charge in [0.05, 0.1) is 12.8 Å². The first-order valence-electron chi connectivity index (χ1n) is 9.37. The summed E-state index contributed by atoms with van der Waals surface area (Å²) in [6.07, 6.45) is 0.214. The van der Waals surface area contributed by atoms with E-state index < -0.39 is 29.9 Å². The van der Waals surface area contributed by atoms with Crippen LogP contribution in [0.4, 0.5) is 10.5 Å². The number of amides is 4. The van der Waals surface area contributed by atoms with Crippen LogP contribution in [0.15, 0.2) is 46.4 Å². The van der Waals surface area contributed by atoms with Crippen molar-refractivity contribution < 1.29 is 33.8 Å².